The van der Waals surface area contributed by atoms with Gasteiger partial charge in [-0.3, -0.25) is 4.79 Å². The van der Waals surface area contributed by atoms with Crippen LogP contribution in [0.25, 0.3) is 10.4 Å². The van der Waals surface area contributed by atoms with Gasteiger partial charge in [0.25, 0.3) is 0 Å². The maximum absolute atomic E-state index is 11.2. The minimum absolute atomic E-state index is 0.0249. The Morgan fingerprint density at radius 2 is 1.94 bits per heavy atom. The summed E-state index contributed by atoms with van der Waals surface area (Å²) in [4.78, 5) is 12.4. The number of likely N-dealkylation sites (N-methyl/N-ethyl adjacent to an activating group) is 1. The molecule has 1 aromatic carbocycles. The van der Waals surface area contributed by atoms with Crippen molar-refractivity contribution < 1.29 is 4.79 Å². The highest BCUT2D eigenvalue weighted by Crippen LogP contribution is 2.30. The Kier molecular flexibility index (Phi) is 3.82. The van der Waals surface area contributed by atoms with Gasteiger partial charge in [0.15, 0.2) is 0 Å². The predicted molar refractivity (Wildman–Crippen MR) is 72.5 cm³/mol. The normalized spacial score (nSPS) is 10.2. The van der Waals surface area contributed by atoms with Gasteiger partial charge in [-0.15, -0.1) is 11.3 Å². The number of amides is 1. The number of carbonyl (C=O) groups excluding carboxylic acids is 1. The maximum atomic E-state index is 11.2. The molecule has 1 heterocycles. The maximum Gasteiger partial charge on any atom is 0.224 e. The molecule has 0 bridgehead atoms. The lowest BCUT2D eigenvalue weighted by Crippen LogP contribution is -2.19. The largest absolute Gasteiger partial charge is 0.359 e. The summed E-state index contributed by atoms with van der Waals surface area (Å²) in [5.41, 5.74) is 2.14. The van der Waals surface area contributed by atoms with Crippen molar-refractivity contribution in [3.8, 4) is 10.4 Å². The van der Waals surface area contributed by atoms with Crippen molar-refractivity contribution in [1.29, 1.82) is 0 Å². The van der Waals surface area contributed by atoms with Gasteiger partial charge in [0.1, 0.15) is 0 Å². The van der Waals surface area contributed by atoms with E-state index < -0.39 is 0 Å². The summed E-state index contributed by atoms with van der Waals surface area (Å²) >= 11 is 7.45. The number of rotatable bonds is 3. The molecule has 17 heavy (non-hydrogen) atoms. The Hall–Kier alpha value is -1.32. The number of benzene rings is 1. The number of halogens is 1. The van der Waals surface area contributed by atoms with Crippen molar-refractivity contribution >= 4 is 28.8 Å². The first-order valence-electron chi connectivity index (χ1n) is 5.24. The zero-order valence-corrected chi connectivity index (χ0v) is 10.9. The van der Waals surface area contributed by atoms with Crippen LogP contribution in [0.2, 0.25) is 4.34 Å². The van der Waals surface area contributed by atoms with E-state index in [1.807, 2.05) is 36.4 Å². The van der Waals surface area contributed by atoms with Gasteiger partial charge in [0.05, 0.1) is 10.8 Å². The molecule has 2 nitrogen and oxygen atoms in total. The van der Waals surface area contributed by atoms with Crippen LogP contribution in [0.3, 0.4) is 0 Å². The number of hydrogen-bond acceptors (Lipinski definition) is 2. The van der Waals surface area contributed by atoms with Crippen LogP contribution in [0.1, 0.15) is 5.56 Å². The van der Waals surface area contributed by atoms with Crippen LogP contribution in [0.15, 0.2) is 36.4 Å². The Labute approximate surface area is 109 Å². The predicted octanol–water partition coefficient (Wildman–Crippen LogP) is 3.36. The summed E-state index contributed by atoms with van der Waals surface area (Å²) in [6.45, 7) is 0. The molecule has 1 N–H and O–H groups in total. The van der Waals surface area contributed by atoms with Crippen molar-refractivity contribution in [3.63, 3.8) is 0 Å². The van der Waals surface area contributed by atoms with Gasteiger partial charge in [-0.1, -0.05) is 35.9 Å². The van der Waals surface area contributed by atoms with Crippen LogP contribution in [0.4, 0.5) is 0 Å². The molecule has 0 saturated heterocycles. The first-order valence-corrected chi connectivity index (χ1v) is 6.43. The fraction of sp³-hybridized carbons (Fsp3) is 0.154. The lowest BCUT2D eigenvalue weighted by molar-refractivity contribution is -0.119. The first-order chi connectivity index (χ1) is 8.19. The van der Waals surface area contributed by atoms with Crippen LogP contribution in [-0.4, -0.2) is 13.0 Å². The van der Waals surface area contributed by atoms with Gasteiger partial charge >= 0.3 is 0 Å². The average molecular weight is 266 g/mol. The molecule has 0 fully saturated rings. The van der Waals surface area contributed by atoms with Crippen LogP contribution in [0, 0.1) is 0 Å². The van der Waals surface area contributed by atoms with Gasteiger partial charge in [0.2, 0.25) is 5.91 Å². The summed E-state index contributed by atoms with van der Waals surface area (Å²) in [6.07, 6.45) is 0.419. The van der Waals surface area contributed by atoms with Gasteiger partial charge in [0, 0.05) is 11.9 Å². The molecule has 0 atom stereocenters. The second-order valence-corrected chi connectivity index (χ2v) is 5.37. The van der Waals surface area contributed by atoms with E-state index in [2.05, 4.69) is 5.32 Å². The topological polar surface area (TPSA) is 29.1 Å². The van der Waals surface area contributed by atoms with E-state index >= 15 is 0 Å². The molecule has 0 aliphatic rings. The minimum Gasteiger partial charge on any atom is -0.359 e. The van der Waals surface area contributed by atoms with E-state index in [1.54, 1.807) is 18.4 Å². The van der Waals surface area contributed by atoms with E-state index in [-0.39, 0.29) is 5.91 Å². The first kappa shape index (κ1) is 12.1. The molecule has 2 aromatic rings. The summed E-state index contributed by atoms with van der Waals surface area (Å²) in [5.74, 6) is 0.0249. The smallest absolute Gasteiger partial charge is 0.224 e. The molecular weight excluding hydrogens is 254 g/mol. The average Bonchev–Trinajstić information content (AvgIpc) is 2.77. The lowest BCUT2D eigenvalue weighted by atomic mass is 10.1. The monoisotopic (exact) mass is 265 g/mol. The molecule has 0 radical (unpaired) electrons. The molecule has 1 aromatic heterocycles. The summed E-state index contributed by atoms with van der Waals surface area (Å²) < 4.78 is 0.787. The van der Waals surface area contributed by atoms with Crippen molar-refractivity contribution in [1.82, 2.24) is 5.32 Å². The Bertz CT molecular complexity index is 518. The second kappa shape index (κ2) is 5.34. The third-order valence-corrected chi connectivity index (χ3v) is 3.74. The Balaban J connectivity index is 2.15. The van der Waals surface area contributed by atoms with E-state index in [1.165, 1.54) is 0 Å². The van der Waals surface area contributed by atoms with E-state index in [9.17, 15) is 4.79 Å². The van der Waals surface area contributed by atoms with Crippen molar-refractivity contribution in [3.05, 3.63) is 46.3 Å². The lowest BCUT2D eigenvalue weighted by Gasteiger charge is -2.02. The van der Waals surface area contributed by atoms with Crippen molar-refractivity contribution in [2.45, 2.75) is 6.42 Å². The van der Waals surface area contributed by atoms with Gasteiger partial charge < -0.3 is 5.32 Å². The molecule has 1 amide bonds. The third-order valence-electron chi connectivity index (χ3n) is 2.46. The zero-order chi connectivity index (χ0) is 12.3. The summed E-state index contributed by atoms with van der Waals surface area (Å²) in [6, 6.07) is 11.9. The summed E-state index contributed by atoms with van der Waals surface area (Å²) in [5, 5.41) is 2.61. The molecule has 0 aliphatic carbocycles. The van der Waals surface area contributed by atoms with Crippen LogP contribution in [-0.2, 0) is 11.2 Å². The second-order valence-electron chi connectivity index (χ2n) is 3.65. The Morgan fingerprint density at radius 3 is 2.47 bits per heavy atom. The minimum atomic E-state index is 0.0249. The molecule has 2 rings (SSSR count). The summed E-state index contributed by atoms with van der Waals surface area (Å²) in [7, 11) is 1.64. The van der Waals surface area contributed by atoms with E-state index in [4.69, 9.17) is 11.6 Å². The molecule has 0 aliphatic heterocycles. The standard InChI is InChI=1S/C13H12ClNOS/c1-15-13(16)8-9-2-4-10(5-3-9)11-6-7-12(14)17-11/h2-7H,8H2,1H3,(H,15,16). The van der Waals surface area contributed by atoms with Gasteiger partial charge in [-0.25, -0.2) is 0 Å². The van der Waals surface area contributed by atoms with Crippen LogP contribution >= 0.6 is 22.9 Å². The quantitative estimate of drug-likeness (QED) is 0.906. The fourth-order valence-electron chi connectivity index (χ4n) is 1.53. The molecule has 0 spiro atoms. The molecule has 88 valence electrons. The van der Waals surface area contributed by atoms with Crippen molar-refractivity contribution in [2.75, 3.05) is 7.05 Å². The molecular formula is C13H12ClNOS. The molecule has 4 heteroatoms. The molecule has 0 unspecified atom stereocenters. The number of carbonyl (C=O) groups is 1. The van der Waals surface area contributed by atoms with Crippen LogP contribution < -0.4 is 5.32 Å². The number of hydrogen-bond donors (Lipinski definition) is 1. The highest BCUT2D eigenvalue weighted by molar-refractivity contribution is 7.19. The van der Waals surface area contributed by atoms with E-state index in [0.717, 1.165) is 20.3 Å². The van der Waals surface area contributed by atoms with Crippen LogP contribution in [0.5, 0.6) is 0 Å². The molecule has 0 saturated carbocycles. The van der Waals surface area contributed by atoms with E-state index in [0.29, 0.717) is 6.42 Å². The van der Waals surface area contributed by atoms with Gasteiger partial charge in [-0.05, 0) is 23.3 Å². The van der Waals surface area contributed by atoms with Gasteiger partial charge in [-0.2, -0.15) is 0 Å². The van der Waals surface area contributed by atoms with Crippen molar-refractivity contribution in [2.24, 2.45) is 0 Å². The fourth-order valence-corrected chi connectivity index (χ4v) is 2.58. The number of nitrogens with one attached hydrogen (secondary N) is 1. The number of thiophene rings is 1. The highest BCUT2D eigenvalue weighted by Gasteiger charge is 2.03. The zero-order valence-electron chi connectivity index (χ0n) is 9.37. The third kappa shape index (κ3) is 3.08. The SMILES string of the molecule is CNC(=O)Cc1ccc(-c2ccc(Cl)s2)cc1. The highest BCUT2D eigenvalue weighted by atomic mass is 35.5. The Morgan fingerprint density at radius 1 is 1.24 bits per heavy atom.